The third kappa shape index (κ3) is 5.27. The van der Waals surface area contributed by atoms with E-state index >= 15 is 0 Å². The first-order valence-electron chi connectivity index (χ1n) is 11.0. The van der Waals surface area contributed by atoms with Crippen LogP contribution in [0.3, 0.4) is 0 Å². The van der Waals surface area contributed by atoms with E-state index in [2.05, 4.69) is 4.98 Å². The highest BCUT2D eigenvalue weighted by Crippen LogP contribution is 2.22. The van der Waals surface area contributed by atoms with Crippen LogP contribution >= 0.6 is 11.6 Å². The molecule has 7 nitrogen and oxygen atoms in total. The summed E-state index contributed by atoms with van der Waals surface area (Å²) < 4.78 is 0. The normalized spacial score (nSPS) is 19.0. The van der Waals surface area contributed by atoms with Gasteiger partial charge >= 0.3 is 0 Å². The van der Waals surface area contributed by atoms with Gasteiger partial charge in [-0.2, -0.15) is 0 Å². The predicted molar refractivity (Wildman–Crippen MR) is 121 cm³/mol. The van der Waals surface area contributed by atoms with E-state index in [1.54, 1.807) is 40.3 Å². The molecule has 0 radical (unpaired) electrons. The monoisotopic (exact) mass is 454 g/mol. The zero-order valence-corrected chi connectivity index (χ0v) is 18.7. The first kappa shape index (κ1) is 22.3. The quantitative estimate of drug-likeness (QED) is 0.711. The lowest BCUT2D eigenvalue weighted by atomic mass is 9.95. The first-order valence-corrected chi connectivity index (χ1v) is 11.4. The summed E-state index contributed by atoms with van der Waals surface area (Å²) in [4.78, 5) is 48.1. The van der Waals surface area contributed by atoms with E-state index in [4.69, 9.17) is 11.6 Å². The molecule has 1 aromatic carbocycles. The van der Waals surface area contributed by atoms with Crippen molar-refractivity contribution in [3.8, 4) is 0 Å². The fourth-order valence-electron chi connectivity index (χ4n) is 4.34. The third-order valence-corrected chi connectivity index (χ3v) is 6.40. The van der Waals surface area contributed by atoms with Gasteiger partial charge in [-0.3, -0.25) is 19.4 Å². The number of piperazine rings is 1. The molecule has 0 spiro atoms. The second-order valence-corrected chi connectivity index (χ2v) is 8.74. The minimum Gasteiger partial charge on any atom is -0.339 e. The maximum atomic E-state index is 13.1. The summed E-state index contributed by atoms with van der Waals surface area (Å²) in [5.41, 5.74) is 1.34. The number of piperidine rings is 1. The smallest absolute Gasteiger partial charge is 0.253 e. The molecule has 2 aromatic rings. The highest BCUT2D eigenvalue weighted by Gasteiger charge is 2.33. The van der Waals surface area contributed by atoms with Gasteiger partial charge < -0.3 is 14.7 Å². The average molecular weight is 455 g/mol. The van der Waals surface area contributed by atoms with E-state index in [0.717, 1.165) is 18.5 Å². The van der Waals surface area contributed by atoms with Crippen LogP contribution in [0, 0.1) is 5.92 Å². The number of halogens is 1. The number of aromatic nitrogens is 1. The Kier molecular flexibility index (Phi) is 7.05. The summed E-state index contributed by atoms with van der Waals surface area (Å²) in [5, 5.41) is 0.589. The van der Waals surface area contributed by atoms with Gasteiger partial charge in [-0.1, -0.05) is 17.7 Å². The molecule has 1 unspecified atom stereocenters. The van der Waals surface area contributed by atoms with Gasteiger partial charge in [0.2, 0.25) is 11.8 Å². The minimum absolute atomic E-state index is 0.0354. The molecule has 2 aliphatic rings. The van der Waals surface area contributed by atoms with Crippen molar-refractivity contribution in [1.82, 2.24) is 19.7 Å². The molecule has 3 heterocycles. The van der Waals surface area contributed by atoms with Crippen molar-refractivity contribution >= 4 is 29.3 Å². The number of pyridine rings is 1. The molecule has 4 rings (SSSR count). The lowest BCUT2D eigenvalue weighted by Gasteiger charge is -2.39. The van der Waals surface area contributed by atoms with Gasteiger partial charge in [0, 0.05) is 61.7 Å². The number of likely N-dealkylation sites (tertiary alicyclic amines) is 1. The van der Waals surface area contributed by atoms with Gasteiger partial charge in [-0.25, -0.2) is 0 Å². The Bertz CT molecular complexity index is 959. The molecule has 8 heteroatoms. The predicted octanol–water partition coefficient (Wildman–Crippen LogP) is 2.50. The Morgan fingerprint density at radius 1 is 0.906 bits per heavy atom. The molecule has 1 aromatic heterocycles. The third-order valence-electron chi connectivity index (χ3n) is 6.15. The Balaban J connectivity index is 1.29. The van der Waals surface area contributed by atoms with Crippen LogP contribution < -0.4 is 0 Å². The number of nitrogens with zero attached hydrogens (tertiary/aromatic N) is 4. The van der Waals surface area contributed by atoms with Crippen molar-refractivity contribution in [2.75, 3.05) is 39.3 Å². The van der Waals surface area contributed by atoms with Gasteiger partial charge in [-0.15, -0.1) is 0 Å². The maximum Gasteiger partial charge on any atom is 0.253 e. The zero-order chi connectivity index (χ0) is 22.5. The molecule has 0 N–H and O–H groups in total. The fraction of sp³-hybridized carbons (Fsp3) is 0.417. The van der Waals surface area contributed by atoms with Crippen LogP contribution in [-0.2, 0) is 16.0 Å². The molecule has 0 aliphatic carbocycles. The molecule has 0 saturated carbocycles. The van der Waals surface area contributed by atoms with Crippen LogP contribution in [0.1, 0.15) is 28.9 Å². The molecule has 3 amide bonds. The highest BCUT2D eigenvalue weighted by molar-refractivity contribution is 6.30. The number of rotatable bonds is 4. The Morgan fingerprint density at radius 3 is 2.31 bits per heavy atom. The summed E-state index contributed by atoms with van der Waals surface area (Å²) in [5.74, 6) is -0.150. The van der Waals surface area contributed by atoms with Crippen LogP contribution in [0.5, 0.6) is 0 Å². The van der Waals surface area contributed by atoms with Crippen molar-refractivity contribution < 1.29 is 14.4 Å². The molecule has 1 atom stereocenters. The van der Waals surface area contributed by atoms with Gasteiger partial charge in [0.1, 0.15) is 0 Å². The van der Waals surface area contributed by atoms with Crippen molar-refractivity contribution in [2.45, 2.75) is 19.3 Å². The van der Waals surface area contributed by atoms with Crippen LogP contribution in [0.15, 0.2) is 48.7 Å². The SMILES string of the molecule is O=C(Cc1ccccn1)N1CCN(C(=O)C2CCCN(C(=O)c3ccc(Cl)cc3)C2)CC1. The number of carbonyl (C=O) groups excluding carboxylic acids is 3. The summed E-state index contributed by atoms with van der Waals surface area (Å²) in [6.07, 6.45) is 3.55. The number of carbonyl (C=O) groups is 3. The lowest BCUT2D eigenvalue weighted by Crippen LogP contribution is -2.54. The summed E-state index contributed by atoms with van der Waals surface area (Å²) in [6, 6.07) is 12.4. The molecule has 168 valence electrons. The average Bonchev–Trinajstić information content (AvgIpc) is 2.84. The van der Waals surface area contributed by atoms with Crippen molar-refractivity contribution in [3.63, 3.8) is 0 Å². The van der Waals surface area contributed by atoms with Gasteiger partial charge in [0.05, 0.1) is 12.3 Å². The molecule has 2 saturated heterocycles. The largest absolute Gasteiger partial charge is 0.339 e. The summed E-state index contributed by atoms with van der Waals surface area (Å²) in [7, 11) is 0. The lowest BCUT2D eigenvalue weighted by molar-refractivity contribution is -0.142. The van der Waals surface area contributed by atoms with E-state index in [0.29, 0.717) is 49.9 Å². The minimum atomic E-state index is -0.198. The maximum absolute atomic E-state index is 13.1. The first-order chi connectivity index (χ1) is 15.5. The van der Waals surface area contributed by atoms with E-state index in [-0.39, 0.29) is 30.1 Å². The number of benzene rings is 1. The second-order valence-electron chi connectivity index (χ2n) is 8.30. The number of hydrogen-bond donors (Lipinski definition) is 0. The van der Waals surface area contributed by atoms with Crippen LogP contribution in [0.2, 0.25) is 5.02 Å². The molecular formula is C24H27ClN4O3. The summed E-state index contributed by atoms with van der Waals surface area (Å²) in [6.45, 7) is 3.18. The Labute approximate surface area is 193 Å². The molecule has 2 fully saturated rings. The van der Waals surface area contributed by atoms with Gasteiger partial charge in [0.15, 0.2) is 0 Å². The zero-order valence-electron chi connectivity index (χ0n) is 18.0. The van der Waals surface area contributed by atoms with Crippen molar-refractivity contribution in [3.05, 3.63) is 64.9 Å². The van der Waals surface area contributed by atoms with Gasteiger partial charge in [0.25, 0.3) is 5.91 Å². The van der Waals surface area contributed by atoms with E-state index < -0.39 is 0 Å². The molecule has 32 heavy (non-hydrogen) atoms. The van der Waals surface area contributed by atoms with E-state index in [1.165, 1.54) is 0 Å². The standard InChI is InChI=1S/C24H27ClN4O3/c25-20-8-6-18(7-9-20)23(31)29-11-3-4-19(17-29)24(32)28-14-12-27(13-15-28)22(30)16-21-5-1-2-10-26-21/h1-2,5-10,19H,3-4,11-17H2. The van der Waals surface area contributed by atoms with Crippen LogP contribution in [-0.4, -0.2) is 76.7 Å². The fourth-order valence-corrected chi connectivity index (χ4v) is 4.47. The van der Waals surface area contributed by atoms with Gasteiger partial charge in [-0.05, 0) is 49.2 Å². The van der Waals surface area contributed by atoms with Crippen molar-refractivity contribution in [2.24, 2.45) is 5.92 Å². The van der Waals surface area contributed by atoms with Crippen LogP contribution in [0.25, 0.3) is 0 Å². The molecule has 0 bridgehead atoms. The number of hydrogen-bond acceptors (Lipinski definition) is 4. The Morgan fingerprint density at radius 2 is 1.62 bits per heavy atom. The summed E-state index contributed by atoms with van der Waals surface area (Å²) >= 11 is 5.92. The van der Waals surface area contributed by atoms with Crippen LogP contribution in [0.4, 0.5) is 0 Å². The van der Waals surface area contributed by atoms with Crippen molar-refractivity contribution in [1.29, 1.82) is 0 Å². The molecular weight excluding hydrogens is 428 g/mol. The van der Waals surface area contributed by atoms with E-state index in [9.17, 15) is 14.4 Å². The number of amides is 3. The second kappa shape index (κ2) is 10.1. The topological polar surface area (TPSA) is 73.8 Å². The van der Waals surface area contributed by atoms with E-state index in [1.807, 2.05) is 23.1 Å². The molecule has 2 aliphatic heterocycles. The Hall–Kier alpha value is -2.93. The highest BCUT2D eigenvalue weighted by atomic mass is 35.5.